The first-order chi connectivity index (χ1) is 5.59. The Bertz CT molecular complexity index is 202. The van der Waals surface area contributed by atoms with Crippen LogP contribution in [0.1, 0.15) is 25.7 Å². The summed E-state index contributed by atoms with van der Waals surface area (Å²) in [5.41, 5.74) is 0. The first-order valence-electron chi connectivity index (χ1n) is 4.00. The van der Waals surface area contributed by atoms with Gasteiger partial charge in [0, 0.05) is 6.42 Å². The number of rotatable bonds is 3. The van der Waals surface area contributed by atoms with Crippen molar-refractivity contribution in [2.45, 2.75) is 25.7 Å². The summed E-state index contributed by atoms with van der Waals surface area (Å²) in [5.74, 6) is -0.598. The zero-order valence-corrected chi connectivity index (χ0v) is 8.78. The average molecular weight is 282 g/mol. The van der Waals surface area contributed by atoms with Crippen LogP contribution in [0.4, 0.5) is 0 Å². The monoisotopic (exact) mass is 282 g/mol. The summed E-state index contributed by atoms with van der Waals surface area (Å²) in [6.07, 6.45) is 2.87. The van der Waals surface area contributed by atoms with Gasteiger partial charge in [-0.1, -0.05) is 0 Å². The van der Waals surface area contributed by atoms with Crippen molar-refractivity contribution in [1.29, 1.82) is 0 Å². The van der Waals surface area contributed by atoms with Crippen molar-refractivity contribution < 1.29 is 14.7 Å². The van der Waals surface area contributed by atoms with Crippen LogP contribution < -0.4 is 0 Å². The van der Waals surface area contributed by atoms with Crippen molar-refractivity contribution in [2.75, 3.05) is 0 Å². The van der Waals surface area contributed by atoms with E-state index in [2.05, 4.69) is 0 Å². The van der Waals surface area contributed by atoms with Crippen LogP contribution in [0.25, 0.3) is 0 Å². The van der Waals surface area contributed by atoms with E-state index in [1.165, 1.54) is 0 Å². The maximum absolute atomic E-state index is 10.7. The molecular weight excluding hydrogens is 271 g/mol. The molecule has 0 saturated heterocycles. The fraction of sp³-hybridized carbons (Fsp3) is 0.750. The number of hydrogen-bond acceptors (Lipinski definition) is 2. The molecule has 0 radical (unpaired) electrons. The van der Waals surface area contributed by atoms with Gasteiger partial charge in [0.15, 0.2) is 3.79 Å². The summed E-state index contributed by atoms with van der Waals surface area (Å²) in [6.45, 7) is 0. The highest BCUT2D eigenvalue weighted by Gasteiger charge is 2.30. The first-order valence-corrected chi connectivity index (χ1v) is 5.08. The van der Waals surface area contributed by atoms with Crippen molar-refractivity contribution in [1.82, 2.24) is 0 Å². The number of aliphatic carboxylic acids is 1. The molecule has 12 heavy (non-hydrogen) atoms. The minimum atomic E-state index is -0.710. The zero-order valence-electron chi connectivity index (χ0n) is 6.62. The molecule has 0 aromatic carbocycles. The predicted octanol–water partition coefficient (Wildman–Crippen LogP) is 1.84. The third kappa shape index (κ3) is 2.73. The normalized spacial score (nSPS) is 28.8. The van der Waals surface area contributed by atoms with Gasteiger partial charge in [-0.15, -0.1) is 0 Å². The van der Waals surface area contributed by atoms with Gasteiger partial charge in [-0.3, -0.25) is 9.59 Å². The van der Waals surface area contributed by atoms with Gasteiger partial charge in [0.05, 0.1) is 5.92 Å². The fourth-order valence-corrected chi connectivity index (χ4v) is 2.33. The minimum Gasteiger partial charge on any atom is -0.481 e. The topological polar surface area (TPSA) is 54.4 Å². The molecule has 1 aliphatic carbocycles. The van der Waals surface area contributed by atoms with E-state index in [1.807, 2.05) is 0 Å². The van der Waals surface area contributed by atoms with Crippen LogP contribution in [0.2, 0.25) is 0 Å². The number of hydrogen-bond donors (Lipinski definition) is 1. The van der Waals surface area contributed by atoms with Gasteiger partial charge in [0.2, 0.25) is 0 Å². The molecular formula is C8H11IO3. The number of carboxylic acids is 1. The zero-order chi connectivity index (χ0) is 9.14. The Labute approximate surface area is 84.7 Å². The van der Waals surface area contributed by atoms with Crippen LogP contribution in [-0.2, 0) is 9.59 Å². The number of carbonyl (C=O) groups excluding carboxylic acids is 1. The van der Waals surface area contributed by atoms with Crippen LogP contribution in [-0.4, -0.2) is 14.9 Å². The van der Waals surface area contributed by atoms with Crippen LogP contribution in [0, 0.1) is 11.8 Å². The lowest BCUT2D eigenvalue weighted by Crippen LogP contribution is -2.10. The number of halogens is 1. The lowest BCUT2D eigenvalue weighted by Gasteiger charge is -2.04. The number of carboxylic acid groups (broad SMARTS) is 1. The van der Waals surface area contributed by atoms with Crippen LogP contribution in [0.3, 0.4) is 0 Å². The molecule has 1 saturated carbocycles. The summed E-state index contributed by atoms with van der Waals surface area (Å²) in [7, 11) is 0. The van der Waals surface area contributed by atoms with E-state index in [1.54, 1.807) is 22.6 Å². The van der Waals surface area contributed by atoms with Crippen LogP contribution in [0.15, 0.2) is 0 Å². The van der Waals surface area contributed by atoms with Gasteiger partial charge in [0.1, 0.15) is 0 Å². The Balaban J connectivity index is 2.35. The summed E-state index contributed by atoms with van der Waals surface area (Å²) in [5, 5.41) is 8.68. The van der Waals surface area contributed by atoms with Gasteiger partial charge in [-0.25, -0.2) is 0 Å². The van der Waals surface area contributed by atoms with E-state index in [9.17, 15) is 9.59 Å². The van der Waals surface area contributed by atoms with Gasteiger partial charge in [0.25, 0.3) is 0 Å². The summed E-state index contributed by atoms with van der Waals surface area (Å²) in [6, 6.07) is 0. The Hall–Kier alpha value is -0.130. The highest BCUT2D eigenvalue weighted by molar-refractivity contribution is 14.1. The molecule has 1 fully saturated rings. The second-order valence-electron chi connectivity index (χ2n) is 3.27. The molecule has 0 aromatic heterocycles. The van der Waals surface area contributed by atoms with Crippen molar-refractivity contribution >= 4 is 32.4 Å². The van der Waals surface area contributed by atoms with Gasteiger partial charge >= 0.3 is 5.97 Å². The Morgan fingerprint density at radius 1 is 1.42 bits per heavy atom. The average Bonchev–Trinajstić information content (AvgIpc) is 2.34. The fourth-order valence-electron chi connectivity index (χ4n) is 1.71. The first kappa shape index (κ1) is 9.95. The molecule has 1 N–H and O–H groups in total. The van der Waals surface area contributed by atoms with Crippen LogP contribution in [0.5, 0.6) is 0 Å². The molecule has 1 rings (SSSR count). The molecule has 0 spiro atoms. The summed E-state index contributed by atoms with van der Waals surface area (Å²) in [4.78, 5) is 21.3. The highest BCUT2D eigenvalue weighted by atomic mass is 127. The van der Waals surface area contributed by atoms with Crippen molar-refractivity contribution in [3.05, 3.63) is 0 Å². The van der Waals surface area contributed by atoms with Crippen molar-refractivity contribution in [3.63, 3.8) is 0 Å². The summed E-state index contributed by atoms with van der Waals surface area (Å²) >= 11 is 1.77. The SMILES string of the molecule is O=C(I)CC1CCC(C(=O)O)C1. The molecule has 0 aliphatic heterocycles. The second kappa shape index (κ2) is 4.20. The van der Waals surface area contributed by atoms with Crippen molar-refractivity contribution in [3.8, 4) is 0 Å². The van der Waals surface area contributed by atoms with Crippen molar-refractivity contribution in [2.24, 2.45) is 11.8 Å². The quantitative estimate of drug-likeness (QED) is 0.634. The van der Waals surface area contributed by atoms with E-state index in [-0.39, 0.29) is 9.71 Å². The van der Waals surface area contributed by atoms with E-state index < -0.39 is 5.97 Å². The maximum Gasteiger partial charge on any atom is 0.306 e. The van der Waals surface area contributed by atoms with Gasteiger partial charge in [-0.2, -0.15) is 0 Å². The van der Waals surface area contributed by atoms with E-state index in [0.717, 1.165) is 12.8 Å². The smallest absolute Gasteiger partial charge is 0.306 e. The lowest BCUT2D eigenvalue weighted by atomic mass is 10.0. The molecule has 1 aliphatic rings. The molecule has 3 nitrogen and oxygen atoms in total. The molecule has 0 aromatic rings. The van der Waals surface area contributed by atoms with E-state index >= 15 is 0 Å². The lowest BCUT2D eigenvalue weighted by molar-refractivity contribution is -0.141. The predicted molar refractivity (Wildman–Crippen MR) is 52.1 cm³/mol. The summed E-state index contributed by atoms with van der Waals surface area (Å²) < 4.78 is 0.142. The van der Waals surface area contributed by atoms with Gasteiger partial charge in [-0.05, 0) is 47.8 Å². The molecule has 2 unspecified atom stereocenters. The number of carbonyl (C=O) groups is 2. The molecule has 0 bridgehead atoms. The van der Waals surface area contributed by atoms with E-state index in [0.29, 0.717) is 18.8 Å². The Kier molecular flexibility index (Phi) is 3.49. The highest BCUT2D eigenvalue weighted by Crippen LogP contribution is 2.33. The molecule has 0 heterocycles. The third-order valence-electron chi connectivity index (χ3n) is 2.34. The van der Waals surface area contributed by atoms with Crippen LogP contribution >= 0.6 is 22.6 Å². The molecule has 68 valence electrons. The third-order valence-corrected chi connectivity index (χ3v) is 2.78. The Morgan fingerprint density at radius 2 is 2.08 bits per heavy atom. The Morgan fingerprint density at radius 3 is 2.50 bits per heavy atom. The standard InChI is InChI=1S/C8H11IO3/c9-7(10)4-5-1-2-6(3-5)8(11)12/h5-6H,1-4H2,(H,11,12). The van der Waals surface area contributed by atoms with E-state index in [4.69, 9.17) is 5.11 Å². The molecule has 4 heteroatoms. The minimum absolute atomic E-state index is 0.142. The largest absolute Gasteiger partial charge is 0.481 e. The maximum atomic E-state index is 10.7. The molecule has 0 amide bonds. The second-order valence-corrected chi connectivity index (χ2v) is 4.48. The molecule has 2 atom stereocenters. The van der Waals surface area contributed by atoms with Gasteiger partial charge < -0.3 is 5.11 Å².